The number of halogens is 1. The average molecular weight is 258 g/mol. The molecule has 0 heterocycles. The predicted molar refractivity (Wildman–Crippen MR) is 73.4 cm³/mol. The summed E-state index contributed by atoms with van der Waals surface area (Å²) in [5.41, 5.74) is 1.16. The Morgan fingerprint density at radius 3 is 2.37 bits per heavy atom. The second-order valence-corrected chi connectivity index (χ2v) is 4.21. The Bertz CT molecular complexity index is 557. The molecule has 1 atom stereocenters. The van der Waals surface area contributed by atoms with Crippen molar-refractivity contribution in [3.8, 4) is 0 Å². The Hall–Kier alpha value is -2.36. The first-order valence-electron chi connectivity index (χ1n) is 6.04. The standard InChI is InChI=1S/C15H15FN2O/c1-11(12-7-3-2-4-8-12)17-15(19)18-14-10-6-5-9-13(14)16/h2-11H,1H3,(H2,17,18,19)/t11-/m1/s1. The minimum Gasteiger partial charge on any atom is -0.331 e. The summed E-state index contributed by atoms with van der Waals surface area (Å²) in [6.07, 6.45) is 0. The van der Waals surface area contributed by atoms with Gasteiger partial charge in [-0.15, -0.1) is 0 Å². The van der Waals surface area contributed by atoms with Crippen LogP contribution in [0, 0.1) is 5.82 Å². The fourth-order valence-electron chi connectivity index (χ4n) is 1.74. The lowest BCUT2D eigenvalue weighted by molar-refractivity contribution is 0.249. The van der Waals surface area contributed by atoms with Crippen LogP contribution in [0.3, 0.4) is 0 Å². The van der Waals surface area contributed by atoms with Gasteiger partial charge in [0.15, 0.2) is 0 Å². The van der Waals surface area contributed by atoms with Gasteiger partial charge in [-0.3, -0.25) is 0 Å². The van der Waals surface area contributed by atoms with Crippen molar-refractivity contribution < 1.29 is 9.18 Å². The van der Waals surface area contributed by atoms with Crippen LogP contribution in [0.5, 0.6) is 0 Å². The molecular formula is C15H15FN2O. The quantitative estimate of drug-likeness (QED) is 0.865. The summed E-state index contributed by atoms with van der Waals surface area (Å²) >= 11 is 0. The van der Waals surface area contributed by atoms with E-state index in [0.717, 1.165) is 5.56 Å². The van der Waals surface area contributed by atoms with Crippen molar-refractivity contribution in [3.05, 3.63) is 66.0 Å². The van der Waals surface area contributed by atoms with Gasteiger partial charge in [-0.1, -0.05) is 42.5 Å². The number of urea groups is 1. The van der Waals surface area contributed by atoms with Crippen molar-refractivity contribution in [2.45, 2.75) is 13.0 Å². The van der Waals surface area contributed by atoms with Crippen LogP contribution in [-0.2, 0) is 0 Å². The fraction of sp³-hybridized carbons (Fsp3) is 0.133. The third-order valence-electron chi connectivity index (χ3n) is 2.77. The van der Waals surface area contributed by atoms with E-state index in [-0.39, 0.29) is 11.7 Å². The molecule has 4 heteroatoms. The van der Waals surface area contributed by atoms with E-state index in [2.05, 4.69) is 10.6 Å². The van der Waals surface area contributed by atoms with E-state index in [1.807, 2.05) is 37.3 Å². The molecule has 0 aliphatic rings. The van der Waals surface area contributed by atoms with Gasteiger partial charge in [0.05, 0.1) is 11.7 Å². The average Bonchev–Trinajstić information content (AvgIpc) is 2.42. The lowest BCUT2D eigenvalue weighted by Gasteiger charge is -2.15. The Balaban J connectivity index is 1.97. The number of benzene rings is 2. The van der Waals surface area contributed by atoms with Crippen molar-refractivity contribution >= 4 is 11.7 Å². The summed E-state index contributed by atoms with van der Waals surface area (Å²) in [5, 5.41) is 5.24. The molecule has 2 aromatic carbocycles. The molecule has 2 aromatic rings. The topological polar surface area (TPSA) is 41.1 Å². The maximum absolute atomic E-state index is 13.4. The van der Waals surface area contributed by atoms with Crippen LogP contribution in [0.15, 0.2) is 54.6 Å². The third kappa shape index (κ3) is 3.55. The molecule has 0 saturated heterocycles. The van der Waals surface area contributed by atoms with Gasteiger partial charge in [-0.2, -0.15) is 0 Å². The van der Waals surface area contributed by atoms with Crippen molar-refractivity contribution in [1.82, 2.24) is 5.32 Å². The van der Waals surface area contributed by atoms with Gasteiger partial charge >= 0.3 is 6.03 Å². The largest absolute Gasteiger partial charge is 0.331 e. The summed E-state index contributed by atoms with van der Waals surface area (Å²) in [4.78, 5) is 11.8. The number of anilines is 1. The predicted octanol–water partition coefficient (Wildman–Crippen LogP) is 3.71. The van der Waals surface area contributed by atoms with Crippen LogP contribution in [-0.4, -0.2) is 6.03 Å². The summed E-state index contributed by atoms with van der Waals surface area (Å²) < 4.78 is 13.4. The highest BCUT2D eigenvalue weighted by atomic mass is 19.1. The second-order valence-electron chi connectivity index (χ2n) is 4.21. The molecular weight excluding hydrogens is 243 g/mol. The molecule has 2 amide bonds. The lowest BCUT2D eigenvalue weighted by Crippen LogP contribution is -2.31. The van der Waals surface area contributed by atoms with Crippen LogP contribution in [0.2, 0.25) is 0 Å². The molecule has 0 bridgehead atoms. The molecule has 19 heavy (non-hydrogen) atoms. The fourth-order valence-corrected chi connectivity index (χ4v) is 1.74. The molecule has 0 aromatic heterocycles. The minimum atomic E-state index is -0.454. The van der Waals surface area contributed by atoms with Crippen molar-refractivity contribution in [2.24, 2.45) is 0 Å². The van der Waals surface area contributed by atoms with Gasteiger partial charge in [0.2, 0.25) is 0 Å². The van der Waals surface area contributed by atoms with Crippen LogP contribution in [0.4, 0.5) is 14.9 Å². The number of hydrogen-bond donors (Lipinski definition) is 2. The van der Waals surface area contributed by atoms with Gasteiger partial charge in [0.25, 0.3) is 0 Å². The maximum Gasteiger partial charge on any atom is 0.319 e. The highest BCUT2D eigenvalue weighted by Gasteiger charge is 2.10. The summed E-state index contributed by atoms with van der Waals surface area (Å²) in [5.74, 6) is -0.454. The number of rotatable bonds is 3. The first-order chi connectivity index (χ1) is 9.16. The molecule has 2 rings (SSSR count). The molecule has 2 N–H and O–H groups in total. The first-order valence-corrected chi connectivity index (χ1v) is 6.04. The van der Waals surface area contributed by atoms with Crippen molar-refractivity contribution in [3.63, 3.8) is 0 Å². The normalized spacial score (nSPS) is 11.7. The molecule has 0 radical (unpaired) electrons. The number of carbonyl (C=O) groups is 1. The van der Waals surface area contributed by atoms with Gasteiger partial charge in [-0.05, 0) is 24.6 Å². The summed E-state index contributed by atoms with van der Waals surface area (Å²) in [7, 11) is 0. The molecule has 98 valence electrons. The van der Waals surface area contributed by atoms with Gasteiger partial charge < -0.3 is 10.6 Å². The zero-order valence-electron chi connectivity index (χ0n) is 10.6. The number of carbonyl (C=O) groups excluding carboxylic acids is 1. The zero-order valence-corrected chi connectivity index (χ0v) is 10.6. The van der Waals surface area contributed by atoms with Gasteiger partial charge in [0, 0.05) is 0 Å². The lowest BCUT2D eigenvalue weighted by atomic mass is 10.1. The van der Waals surface area contributed by atoms with Gasteiger partial charge in [-0.25, -0.2) is 9.18 Å². The number of para-hydroxylation sites is 1. The Morgan fingerprint density at radius 1 is 1.05 bits per heavy atom. The van der Waals surface area contributed by atoms with Gasteiger partial charge in [0.1, 0.15) is 5.82 Å². The highest BCUT2D eigenvalue weighted by molar-refractivity contribution is 5.89. The second kappa shape index (κ2) is 6.00. The highest BCUT2D eigenvalue weighted by Crippen LogP contribution is 2.14. The van der Waals surface area contributed by atoms with E-state index < -0.39 is 11.8 Å². The van der Waals surface area contributed by atoms with Crippen molar-refractivity contribution in [1.29, 1.82) is 0 Å². The molecule has 0 aliphatic heterocycles. The monoisotopic (exact) mass is 258 g/mol. The summed E-state index contributed by atoms with van der Waals surface area (Å²) in [6.45, 7) is 1.87. The van der Waals surface area contributed by atoms with Crippen LogP contribution in [0.1, 0.15) is 18.5 Å². The van der Waals surface area contributed by atoms with E-state index in [1.54, 1.807) is 12.1 Å². The van der Waals surface area contributed by atoms with Crippen LogP contribution in [0.25, 0.3) is 0 Å². The number of amides is 2. The number of hydrogen-bond acceptors (Lipinski definition) is 1. The Labute approximate surface area is 111 Å². The molecule has 3 nitrogen and oxygen atoms in total. The van der Waals surface area contributed by atoms with Crippen molar-refractivity contribution in [2.75, 3.05) is 5.32 Å². The Kier molecular flexibility index (Phi) is 4.13. The molecule has 0 aliphatic carbocycles. The molecule has 0 saturated carbocycles. The molecule has 0 spiro atoms. The Morgan fingerprint density at radius 2 is 1.68 bits per heavy atom. The maximum atomic E-state index is 13.4. The van der Waals surface area contributed by atoms with Crippen LogP contribution < -0.4 is 10.6 Å². The molecule has 0 unspecified atom stereocenters. The SMILES string of the molecule is C[C@@H](NC(=O)Nc1ccccc1F)c1ccccc1. The number of nitrogens with one attached hydrogen (secondary N) is 2. The van der Waals surface area contributed by atoms with E-state index in [4.69, 9.17) is 0 Å². The minimum absolute atomic E-state index is 0.145. The zero-order chi connectivity index (χ0) is 13.7. The van der Waals surface area contributed by atoms with E-state index in [0.29, 0.717) is 0 Å². The van der Waals surface area contributed by atoms with E-state index in [9.17, 15) is 9.18 Å². The molecule has 0 fully saturated rings. The van der Waals surface area contributed by atoms with Crippen LogP contribution >= 0.6 is 0 Å². The smallest absolute Gasteiger partial charge is 0.319 e. The first kappa shape index (κ1) is 13.1. The third-order valence-corrected chi connectivity index (χ3v) is 2.77. The summed E-state index contributed by atoms with van der Waals surface area (Å²) in [6, 6.07) is 15.1. The van der Waals surface area contributed by atoms with E-state index >= 15 is 0 Å². The van der Waals surface area contributed by atoms with E-state index in [1.165, 1.54) is 12.1 Å².